The molecular weight excluding hydrogens is 242 g/mol. The lowest BCUT2D eigenvalue weighted by Gasteiger charge is -2.23. The summed E-state index contributed by atoms with van der Waals surface area (Å²) in [5.74, 6) is 0.701. The zero-order valence-corrected chi connectivity index (χ0v) is 11.8. The number of hydrogen-bond donors (Lipinski definition) is 2. The van der Waals surface area contributed by atoms with Crippen LogP contribution >= 0.6 is 0 Å². The summed E-state index contributed by atoms with van der Waals surface area (Å²) in [5, 5.41) is 3.26. The molecule has 3 N–H and O–H groups in total. The number of hydrogen-bond acceptors (Lipinski definition) is 6. The highest BCUT2D eigenvalue weighted by atomic mass is 16.5. The van der Waals surface area contributed by atoms with Crippen molar-refractivity contribution in [2.75, 3.05) is 24.2 Å². The van der Waals surface area contributed by atoms with Crippen molar-refractivity contribution in [3.63, 3.8) is 0 Å². The second-order valence-electron chi connectivity index (χ2n) is 5.52. The number of nitrogens with one attached hydrogen (secondary N) is 1. The third-order valence-corrected chi connectivity index (χ3v) is 3.55. The average molecular weight is 265 g/mol. The quantitative estimate of drug-likeness (QED) is 0.820. The monoisotopic (exact) mass is 265 g/mol. The van der Waals surface area contributed by atoms with Gasteiger partial charge in [-0.2, -0.15) is 15.0 Å². The smallest absolute Gasteiger partial charge is 0.323 e. The molecular formula is C13H23N5O. The van der Waals surface area contributed by atoms with Crippen LogP contribution < -0.4 is 15.8 Å². The summed E-state index contributed by atoms with van der Waals surface area (Å²) in [6.07, 6.45) is 6.02. The summed E-state index contributed by atoms with van der Waals surface area (Å²) in [4.78, 5) is 12.3. The van der Waals surface area contributed by atoms with Crippen LogP contribution in [0, 0.1) is 5.41 Å². The van der Waals surface area contributed by atoms with Crippen LogP contribution in [0.15, 0.2) is 0 Å². The summed E-state index contributed by atoms with van der Waals surface area (Å²) in [6.45, 7) is 5.78. The Kier molecular flexibility index (Phi) is 4.39. The molecule has 1 aliphatic rings. The van der Waals surface area contributed by atoms with Crippen LogP contribution in [-0.2, 0) is 0 Å². The molecule has 106 valence electrons. The highest BCUT2D eigenvalue weighted by Crippen LogP contribution is 2.37. The number of ether oxygens (including phenoxy) is 1. The van der Waals surface area contributed by atoms with Gasteiger partial charge < -0.3 is 15.8 Å². The minimum absolute atomic E-state index is 0.195. The van der Waals surface area contributed by atoms with E-state index >= 15 is 0 Å². The summed E-state index contributed by atoms with van der Waals surface area (Å²) in [7, 11) is 0. The van der Waals surface area contributed by atoms with E-state index in [-0.39, 0.29) is 5.95 Å². The Hall–Kier alpha value is -1.59. The number of anilines is 2. The van der Waals surface area contributed by atoms with Gasteiger partial charge in [-0.25, -0.2) is 0 Å². The van der Waals surface area contributed by atoms with Gasteiger partial charge in [-0.05, 0) is 24.7 Å². The third kappa shape index (κ3) is 3.94. The van der Waals surface area contributed by atoms with Crippen LogP contribution in [0.1, 0.15) is 46.0 Å². The molecule has 0 radical (unpaired) electrons. The number of nitrogen functional groups attached to an aromatic ring is 1. The van der Waals surface area contributed by atoms with Crippen molar-refractivity contribution < 1.29 is 4.74 Å². The number of aromatic nitrogens is 3. The Morgan fingerprint density at radius 3 is 2.68 bits per heavy atom. The van der Waals surface area contributed by atoms with Crippen LogP contribution in [0.4, 0.5) is 11.9 Å². The van der Waals surface area contributed by atoms with Gasteiger partial charge in [0.1, 0.15) is 0 Å². The van der Waals surface area contributed by atoms with Crippen molar-refractivity contribution in [1.29, 1.82) is 0 Å². The lowest BCUT2D eigenvalue weighted by atomic mass is 9.89. The standard InChI is InChI=1S/C13H23N5O/c1-3-8-19-12-17-10(14)16-11(18-12)15-9-13(2)6-4-5-7-13/h3-9H2,1-2H3,(H3,14,15,16,17,18). The molecule has 0 amide bonds. The SMILES string of the molecule is CCCOc1nc(N)nc(NCC2(C)CCCC2)n1. The lowest BCUT2D eigenvalue weighted by Crippen LogP contribution is -2.24. The molecule has 1 saturated carbocycles. The number of nitrogens with two attached hydrogens (primary N) is 1. The summed E-state index contributed by atoms with van der Waals surface area (Å²) >= 11 is 0. The van der Waals surface area contributed by atoms with E-state index in [1.54, 1.807) is 0 Å². The molecule has 1 aromatic heterocycles. The Morgan fingerprint density at radius 2 is 2.00 bits per heavy atom. The van der Waals surface area contributed by atoms with Crippen LogP contribution in [0.2, 0.25) is 0 Å². The van der Waals surface area contributed by atoms with Gasteiger partial charge in [0.25, 0.3) is 0 Å². The normalized spacial score (nSPS) is 17.4. The van der Waals surface area contributed by atoms with Gasteiger partial charge in [0.15, 0.2) is 0 Å². The Bertz CT molecular complexity index is 417. The number of rotatable bonds is 6. The van der Waals surface area contributed by atoms with Crippen LogP contribution in [0.5, 0.6) is 6.01 Å². The van der Waals surface area contributed by atoms with Crippen molar-refractivity contribution in [3.8, 4) is 6.01 Å². The summed E-state index contributed by atoms with van der Waals surface area (Å²) < 4.78 is 5.39. The second-order valence-corrected chi connectivity index (χ2v) is 5.52. The van der Waals surface area contributed by atoms with Gasteiger partial charge in [0.05, 0.1) is 6.61 Å². The molecule has 6 heteroatoms. The molecule has 19 heavy (non-hydrogen) atoms. The van der Waals surface area contributed by atoms with Gasteiger partial charge in [-0.3, -0.25) is 0 Å². The van der Waals surface area contributed by atoms with E-state index in [4.69, 9.17) is 10.5 Å². The minimum atomic E-state index is 0.195. The molecule has 0 spiro atoms. The highest BCUT2D eigenvalue weighted by molar-refractivity contribution is 5.32. The van der Waals surface area contributed by atoms with E-state index in [9.17, 15) is 0 Å². The molecule has 1 aromatic rings. The van der Waals surface area contributed by atoms with Gasteiger partial charge in [0, 0.05) is 6.54 Å². The zero-order chi connectivity index (χ0) is 13.7. The van der Waals surface area contributed by atoms with Crippen molar-refractivity contribution in [2.45, 2.75) is 46.0 Å². The molecule has 1 heterocycles. The predicted molar refractivity (Wildman–Crippen MR) is 75.1 cm³/mol. The maximum Gasteiger partial charge on any atom is 0.323 e. The van der Waals surface area contributed by atoms with Crippen molar-refractivity contribution >= 4 is 11.9 Å². The molecule has 0 bridgehead atoms. The second kappa shape index (κ2) is 6.04. The Morgan fingerprint density at radius 1 is 1.26 bits per heavy atom. The van der Waals surface area contributed by atoms with Gasteiger partial charge in [-0.15, -0.1) is 0 Å². The fourth-order valence-electron chi connectivity index (χ4n) is 2.41. The van der Waals surface area contributed by atoms with Gasteiger partial charge in [0.2, 0.25) is 11.9 Å². The molecule has 6 nitrogen and oxygen atoms in total. The summed E-state index contributed by atoms with van der Waals surface area (Å²) in [5.41, 5.74) is 6.00. The fraction of sp³-hybridized carbons (Fsp3) is 0.769. The van der Waals surface area contributed by atoms with E-state index in [2.05, 4.69) is 27.2 Å². The topological polar surface area (TPSA) is 86.0 Å². The van der Waals surface area contributed by atoms with Crippen LogP contribution in [-0.4, -0.2) is 28.1 Å². The third-order valence-electron chi connectivity index (χ3n) is 3.55. The van der Waals surface area contributed by atoms with E-state index in [1.165, 1.54) is 25.7 Å². The van der Waals surface area contributed by atoms with E-state index in [1.807, 2.05) is 6.92 Å². The van der Waals surface area contributed by atoms with Gasteiger partial charge >= 0.3 is 6.01 Å². The maximum atomic E-state index is 5.67. The first-order valence-electron chi connectivity index (χ1n) is 6.99. The van der Waals surface area contributed by atoms with Crippen molar-refractivity contribution in [2.24, 2.45) is 5.41 Å². The first-order chi connectivity index (χ1) is 9.11. The fourth-order valence-corrected chi connectivity index (χ4v) is 2.41. The Balaban J connectivity index is 1.97. The maximum absolute atomic E-state index is 5.67. The molecule has 1 aliphatic carbocycles. The molecule has 1 fully saturated rings. The first kappa shape index (κ1) is 13.8. The first-order valence-corrected chi connectivity index (χ1v) is 6.99. The van der Waals surface area contributed by atoms with Crippen molar-refractivity contribution in [3.05, 3.63) is 0 Å². The van der Waals surface area contributed by atoms with E-state index in [0.29, 0.717) is 24.0 Å². The van der Waals surface area contributed by atoms with Crippen molar-refractivity contribution in [1.82, 2.24) is 15.0 Å². The molecule has 0 atom stereocenters. The molecule has 0 unspecified atom stereocenters. The van der Waals surface area contributed by atoms with E-state index in [0.717, 1.165) is 13.0 Å². The summed E-state index contributed by atoms with van der Waals surface area (Å²) in [6, 6.07) is 0.299. The van der Waals surface area contributed by atoms with Gasteiger partial charge in [-0.1, -0.05) is 26.7 Å². The Labute approximate surface area is 114 Å². The largest absolute Gasteiger partial charge is 0.463 e. The molecule has 0 aromatic carbocycles. The average Bonchev–Trinajstić information content (AvgIpc) is 2.81. The minimum Gasteiger partial charge on any atom is -0.463 e. The predicted octanol–water partition coefficient (Wildman–Crippen LogP) is 2.23. The molecule has 0 saturated heterocycles. The molecule has 0 aliphatic heterocycles. The van der Waals surface area contributed by atoms with Crippen LogP contribution in [0.25, 0.3) is 0 Å². The zero-order valence-electron chi connectivity index (χ0n) is 11.8. The number of nitrogens with zero attached hydrogens (tertiary/aromatic N) is 3. The van der Waals surface area contributed by atoms with E-state index < -0.39 is 0 Å². The highest BCUT2D eigenvalue weighted by Gasteiger charge is 2.28. The molecule has 2 rings (SSSR count). The van der Waals surface area contributed by atoms with Crippen LogP contribution in [0.3, 0.4) is 0 Å². The lowest BCUT2D eigenvalue weighted by molar-refractivity contribution is 0.292.